The number of rotatable bonds is 6. The molecule has 1 saturated heterocycles. The summed E-state index contributed by atoms with van der Waals surface area (Å²) in [5.41, 5.74) is 1.91. The Morgan fingerprint density at radius 2 is 1.83 bits per heavy atom. The number of carbonyl (C=O) groups excluding carboxylic acids is 3. The van der Waals surface area contributed by atoms with E-state index in [0.717, 1.165) is 16.0 Å². The van der Waals surface area contributed by atoms with Gasteiger partial charge in [0.15, 0.2) is 0 Å². The summed E-state index contributed by atoms with van der Waals surface area (Å²) in [5, 5.41) is 2.57. The van der Waals surface area contributed by atoms with E-state index in [-0.39, 0.29) is 27.1 Å². The van der Waals surface area contributed by atoms with E-state index in [1.807, 2.05) is 6.92 Å². The third kappa shape index (κ3) is 5.46. The molecule has 0 spiro atoms. The molecule has 3 aromatic rings. The van der Waals surface area contributed by atoms with Crippen molar-refractivity contribution in [3.05, 3.63) is 97.2 Å². The van der Waals surface area contributed by atoms with E-state index < -0.39 is 17.8 Å². The molecule has 1 N–H and O–H groups in total. The molecule has 0 atom stereocenters. The van der Waals surface area contributed by atoms with Crippen molar-refractivity contribution in [2.75, 3.05) is 11.5 Å². The van der Waals surface area contributed by atoms with Crippen LogP contribution in [0.4, 0.5) is 14.9 Å². The van der Waals surface area contributed by atoms with Crippen LogP contribution in [0.5, 0.6) is 5.75 Å². The van der Waals surface area contributed by atoms with Crippen LogP contribution >= 0.6 is 39.1 Å². The molecule has 0 aromatic heterocycles. The standard InChI is InChI=1S/C26H18BrCl2FN2O4/c1-2-36-23-12-15(11-20(27)18(23)9-14-4-3-5-16(30)8-14)10-19-24(33)31-26(35)32(25(19)34)17-6-7-21(28)22(29)13-17/h3-8,10-13H,2,9H2,1H3,(H,31,33,35)/b19-10+. The Bertz CT molecular complexity index is 1430. The second kappa shape index (κ2) is 10.8. The highest BCUT2D eigenvalue weighted by molar-refractivity contribution is 9.10. The van der Waals surface area contributed by atoms with E-state index in [1.165, 1.54) is 36.4 Å². The Kier molecular flexibility index (Phi) is 7.78. The maximum absolute atomic E-state index is 13.7. The second-order valence-electron chi connectivity index (χ2n) is 7.78. The molecule has 1 fully saturated rings. The molecule has 0 radical (unpaired) electrons. The van der Waals surface area contributed by atoms with Crippen LogP contribution in [0.15, 0.2) is 64.6 Å². The number of halogens is 4. The molecule has 0 unspecified atom stereocenters. The van der Waals surface area contributed by atoms with Gasteiger partial charge in [0.25, 0.3) is 11.8 Å². The van der Waals surface area contributed by atoms with E-state index in [4.69, 9.17) is 27.9 Å². The zero-order valence-electron chi connectivity index (χ0n) is 18.8. The molecule has 1 aliphatic heterocycles. The maximum Gasteiger partial charge on any atom is 0.335 e. The first-order valence-electron chi connectivity index (χ1n) is 10.7. The quantitative estimate of drug-likeness (QED) is 0.260. The van der Waals surface area contributed by atoms with Crippen molar-refractivity contribution < 1.29 is 23.5 Å². The Hall–Kier alpha value is -3.20. The molecule has 0 bridgehead atoms. The van der Waals surface area contributed by atoms with Gasteiger partial charge >= 0.3 is 6.03 Å². The number of carbonyl (C=O) groups is 3. The smallest absolute Gasteiger partial charge is 0.335 e. The summed E-state index contributed by atoms with van der Waals surface area (Å²) in [7, 11) is 0. The Labute approximate surface area is 224 Å². The summed E-state index contributed by atoms with van der Waals surface area (Å²) in [5.74, 6) is -1.49. The number of anilines is 1. The topological polar surface area (TPSA) is 75.7 Å². The molecule has 6 nitrogen and oxygen atoms in total. The van der Waals surface area contributed by atoms with Gasteiger partial charge in [-0.25, -0.2) is 14.1 Å². The second-order valence-corrected chi connectivity index (χ2v) is 9.44. The summed E-state index contributed by atoms with van der Waals surface area (Å²) in [6.07, 6.45) is 1.76. The lowest BCUT2D eigenvalue weighted by molar-refractivity contribution is -0.122. The van der Waals surface area contributed by atoms with Crippen molar-refractivity contribution in [1.82, 2.24) is 5.32 Å². The highest BCUT2D eigenvalue weighted by atomic mass is 79.9. The van der Waals surface area contributed by atoms with E-state index in [1.54, 1.807) is 24.3 Å². The molecule has 0 saturated carbocycles. The van der Waals surface area contributed by atoms with Gasteiger partial charge in [0, 0.05) is 16.5 Å². The van der Waals surface area contributed by atoms with E-state index in [2.05, 4.69) is 21.2 Å². The first kappa shape index (κ1) is 25.9. The first-order valence-corrected chi connectivity index (χ1v) is 12.3. The number of hydrogen-bond acceptors (Lipinski definition) is 4. The zero-order chi connectivity index (χ0) is 26.0. The predicted molar refractivity (Wildman–Crippen MR) is 140 cm³/mol. The largest absolute Gasteiger partial charge is 0.494 e. The summed E-state index contributed by atoms with van der Waals surface area (Å²) in [6, 6.07) is 13.0. The van der Waals surface area contributed by atoms with Crippen LogP contribution in [0.3, 0.4) is 0 Å². The highest BCUT2D eigenvalue weighted by Gasteiger charge is 2.37. The molecule has 184 valence electrons. The number of barbiturate groups is 1. The van der Waals surface area contributed by atoms with Crippen LogP contribution in [0.1, 0.15) is 23.6 Å². The average molecular weight is 592 g/mol. The van der Waals surface area contributed by atoms with Crippen LogP contribution in [-0.4, -0.2) is 24.5 Å². The van der Waals surface area contributed by atoms with Gasteiger partial charge in [0.1, 0.15) is 17.1 Å². The average Bonchev–Trinajstić information content (AvgIpc) is 2.81. The van der Waals surface area contributed by atoms with Crippen molar-refractivity contribution in [3.63, 3.8) is 0 Å². The normalized spacial score (nSPS) is 14.9. The van der Waals surface area contributed by atoms with Crippen LogP contribution in [0, 0.1) is 5.82 Å². The Morgan fingerprint density at radius 1 is 1.06 bits per heavy atom. The number of nitrogens with one attached hydrogen (secondary N) is 1. The minimum atomic E-state index is -0.901. The highest BCUT2D eigenvalue weighted by Crippen LogP contribution is 2.34. The molecule has 1 aliphatic rings. The molecule has 4 rings (SSSR count). The molecular weight excluding hydrogens is 574 g/mol. The van der Waals surface area contributed by atoms with Gasteiger partial charge < -0.3 is 4.74 Å². The Morgan fingerprint density at radius 3 is 2.53 bits per heavy atom. The summed E-state index contributed by atoms with van der Waals surface area (Å²) >= 11 is 15.5. The zero-order valence-corrected chi connectivity index (χ0v) is 21.9. The third-order valence-corrected chi connectivity index (χ3v) is 6.77. The van der Waals surface area contributed by atoms with E-state index >= 15 is 0 Å². The van der Waals surface area contributed by atoms with Gasteiger partial charge in [-0.15, -0.1) is 0 Å². The van der Waals surface area contributed by atoms with Crippen molar-refractivity contribution >= 4 is 68.7 Å². The van der Waals surface area contributed by atoms with Crippen molar-refractivity contribution in [2.24, 2.45) is 0 Å². The monoisotopic (exact) mass is 590 g/mol. The number of benzene rings is 3. The minimum absolute atomic E-state index is 0.149. The van der Waals surface area contributed by atoms with Gasteiger partial charge in [0.05, 0.1) is 22.3 Å². The first-order chi connectivity index (χ1) is 17.2. The van der Waals surface area contributed by atoms with Crippen molar-refractivity contribution in [1.29, 1.82) is 0 Å². The number of amides is 4. The summed E-state index contributed by atoms with van der Waals surface area (Å²) in [6.45, 7) is 2.19. The van der Waals surface area contributed by atoms with Gasteiger partial charge in [-0.2, -0.15) is 0 Å². The van der Waals surface area contributed by atoms with Crippen LogP contribution in [0.25, 0.3) is 6.08 Å². The maximum atomic E-state index is 13.7. The Balaban J connectivity index is 1.72. The lowest BCUT2D eigenvalue weighted by Gasteiger charge is -2.26. The van der Waals surface area contributed by atoms with Gasteiger partial charge in [-0.1, -0.05) is 51.3 Å². The fourth-order valence-corrected chi connectivity index (χ4v) is 4.60. The summed E-state index contributed by atoms with van der Waals surface area (Å²) < 4.78 is 20.1. The number of urea groups is 1. The third-order valence-electron chi connectivity index (χ3n) is 5.32. The van der Waals surface area contributed by atoms with Crippen LogP contribution in [-0.2, 0) is 16.0 Å². The number of imide groups is 2. The molecular formula is C26H18BrCl2FN2O4. The molecule has 1 heterocycles. The fraction of sp³-hybridized carbons (Fsp3) is 0.115. The van der Waals surface area contributed by atoms with Crippen molar-refractivity contribution in [2.45, 2.75) is 13.3 Å². The fourth-order valence-electron chi connectivity index (χ4n) is 3.70. The molecule has 36 heavy (non-hydrogen) atoms. The lowest BCUT2D eigenvalue weighted by Crippen LogP contribution is -2.54. The predicted octanol–water partition coefficient (Wildman–Crippen LogP) is 6.55. The molecule has 10 heteroatoms. The van der Waals surface area contributed by atoms with Crippen LogP contribution in [0.2, 0.25) is 10.0 Å². The van der Waals surface area contributed by atoms with E-state index in [9.17, 15) is 18.8 Å². The SMILES string of the molecule is CCOc1cc(/C=C2\C(=O)NC(=O)N(c3ccc(Cl)c(Cl)c3)C2=O)cc(Br)c1Cc1cccc(F)c1. The number of ether oxygens (including phenoxy) is 1. The van der Waals surface area contributed by atoms with Crippen molar-refractivity contribution in [3.8, 4) is 5.75 Å². The minimum Gasteiger partial charge on any atom is -0.494 e. The van der Waals surface area contributed by atoms with Crippen LogP contribution < -0.4 is 15.0 Å². The lowest BCUT2D eigenvalue weighted by atomic mass is 10.0. The molecule has 3 aromatic carbocycles. The summed E-state index contributed by atoms with van der Waals surface area (Å²) in [4.78, 5) is 39.1. The van der Waals surface area contributed by atoms with E-state index in [0.29, 0.717) is 28.8 Å². The van der Waals surface area contributed by atoms with Gasteiger partial charge in [0.2, 0.25) is 0 Å². The molecule has 4 amide bonds. The van der Waals surface area contributed by atoms with Gasteiger partial charge in [-0.3, -0.25) is 14.9 Å². The number of nitrogens with zero attached hydrogens (tertiary/aromatic N) is 1. The number of hydrogen-bond donors (Lipinski definition) is 1. The van der Waals surface area contributed by atoms with Gasteiger partial charge in [-0.05, 0) is 66.6 Å². The molecule has 0 aliphatic carbocycles.